The number of esters is 1. The molecule has 0 bridgehead atoms. The Balaban J connectivity index is 1.55. The van der Waals surface area contributed by atoms with E-state index in [-0.39, 0.29) is 18.9 Å². The van der Waals surface area contributed by atoms with E-state index >= 15 is 0 Å². The highest BCUT2D eigenvalue weighted by atomic mass is 35.5. The lowest BCUT2D eigenvalue weighted by Crippen LogP contribution is -2.28. The fourth-order valence-electron chi connectivity index (χ4n) is 3.54. The first-order valence-electron chi connectivity index (χ1n) is 9.35. The molecular weight excluding hydrogens is 392 g/mol. The molecule has 0 saturated carbocycles. The molecule has 0 aromatic heterocycles. The number of hydrogen-bond acceptors (Lipinski definition) is 4. The molecule has 2 amide bonds. The lowest BCUT2D eigenvalue weighted by molar-refractivity contribution is -0.151. The number of carbonyl (C=O) groups is 3. The van der Waals surface area contributed by atoms with Gasteiger partial charge in [-0.1, -0.05) is 29.3 Å². The van der Waals surface area contributed by atoms with Gasteiger partial charge in [-0.15, -0.1) is 0 Å². The minimum absolute atomic E-state index is 0.0548. The second kappa shape index (κ2) is 8.66. The van der Waals surface area contributed by atoms with Crippen molar-refractivity contribution in [3.05, 3.63) is 58.1 Å². The molecule has 1 fully saturated rings. The Hall–Kier alpha value is -2.86. The van der Waals surface area contributed by atoms with Crippen LogP contribution in [-0.4, -0.2) is 30.9 Å². The molecule has 0 unspecified atom stereocenters. The largest absolute Gasteiger partial charge is 0.455 e. The van der Waals surface area contributed by atoms with E-state index in [1.807, 2.05) is 32.9 Å². The number of ether oxygens (including phenoxy) is 1. The third-order valence-electron chi connectivity index (χ3n) is 4.88. The Morgan fingerprint density at radius 1 is 1.14 bits per heavy atom. The van der Waals surface area contributed by atoms with Gasteiger partial charge in [0.25, 0.3) is 5.91 Å². The molecular formula is C22H23ClN2O4. The Kier molecular flexibility index (Phi) is 6.23. The number of aryl methyl sites for hydroxylation is 3. The van der Waals surface area contributed by atoms with Crippen LogP contribution in [-0.2, 0) is 19.1 Å². The lowest BCUT2D eigenvalue weighted by Gasteiger charge is -2.16. The molecule has 6 nitrogen and oxygen atoms in total. The molecule has 1 heterocycles. The molecule has 1 saturated heterocycles. The molecule has 1 N–H and O–H groups in total. The molecule has 1 aliphatic rings. The average molecular weight is 415 g/mol. The van der Waals surface area contributed by atoms with Crippen LogP contribution in [0.1, 0.15) is 23.1 Å². The van der Waals surface area contributed by atoms with Gasteiger partial charge < -0.3 is 15.0 Å². The first-order chi connectivity index (χ1) is 13.7. The summed E-state index contributed by atoms with van der Waals surface area (Å²) in [6, 6.07) is 10.8. The van der Waals surface area contributed by atoms with Gasteiger partial charge >= 0.3 is 5.97 Å². The van der Waals surface area contributed by atoms with Crippen LogP contribution in [0.2, 0.25) is 5.02 Å². The maximum Gasteiger partial charge on any atom is 0.311 e. The second-order valence-corrected chi connectivity index (χ2v) is 7.75. The molecule has 0 radical (unpaired) electrons. The van der Waals surface area contributed by atoms with Crippen LogP contribution in [0.15, 0.2) is 36.4 Å². The Bertz CT molecular complexity index is 933. The average Bonchev–Trinajstić information content (AvgIpc) is 3.05. The van der Waals surface area contributed by atoms with Gasteiger partial charge in [-0.2, -0.15) is 0 Å². The number of benzene rings is 2. The van der Waals surface area contributed by atoms with Gasteiger partial charge in [-0.05, 0) is 56.2 Å². The highest BCUT2D eigenvalue weighted by Gasteiger charge is 2.36. The summed E-state index contributed by atoms with van der Waals surface area (Å²) in [6.07, 6.45) is 0.0548. The molecule has 1 aliphatic heterocycles. The summed E-state index contributed by atoms with van der Waals surface area (Å²) < 4.78 is 5.16. The summed E-state index contributed by atoms with van der Waals surface area (Å²) in [4.78, 5) is 38.4. The van der Waals surface area contributed by atoms with Crippen LogP contribution < -0.4 is 10.2 Å². The van der Waals surface area contributed by atoms with Gasteiger partial charge in [0.15, 0.2) is 6.61 Å². The smallest absolute Gasteiger partial charge is 0.311 e. The monoisotopic (exact) mass is 414 g/mol. The Labute approximate surface area is 174 Å². The number of nitrogens with zero attached hydrogens (tertiary/aromatic N) is 1. The number of nitrogens with one attached hydrogen (secondary N) is 1. The Morgan fingerprint density at radius 2 is 1.76 bits per heavy atom. The predicted molar refractivity (Wildman–Crippen MR) is 112 cm³/mol. The predicted octanol–water partition coefficient (Wildman–Crippen LogP) is 3.80. The minimum Gasteiger partial charge on any atom is -0.455 e. The van der Waals surface area contributed by atoms with Gasteiger partial charge in [0, 0.05) is 29.4 Å². The maximum atomic E-state index is 12.4. The lowest BCUT2D eigenvalue weighted by atomic mass is 10.1. The molecule has 2 aromatic rings. The van der Waals surface area contributed by atoms with Crippen LogP contribution >= 0.6 is 11.6 Å². The number of amides is 2. The van der Waals surface area contributed by atoms with E-state index < -0.39 is 24.4 Å². The highest BCUT2D eigenvalue weighted by Crippen LogP contribution is 2.27. The molecule has 0 spiro atoms. The van der Waals surface area contributed by atoms with Gasteiger partial charge in [-0.3, -0.25) is 14.4 Å². The van der Waals surface area contributed by atoms with E-state index in [0.29, 0.717) is 10.7 Å². The van der Waals surface area contributed by atoms with Gasteiger partial charge in [0.05, 0.1) is 5.92 Å². The maximum absolute atomic E-state index is 12.4. The number of anilines is 2. The van der Waals surface area contributed by atoms with E-state index in [0.717, 1.165) is 22.4 Å². The molecule has 3 rings (SSSR count). The molecule has 152 valence electrons. The minimum atomic E-state index is -0.603. The van der Waals surface area contributed by atoms with Crippen molar-refractivity contribution in [2.24, 2.45) is 5.92 Å². The number of carbonyl (C=O) groups excluding carboxylic acids is 3. The molecule has 7 heteroatoms. The fraction of sp³-hybridized carbons (Fsp3) is 0.318. The van der Waals surface area contributed by atoms with Crippen LogP contribution in [0, 0.1) is 26.7 Å². The second-order valence-electron chi connectivity index (χ2n) is 7.31. The first-order valence-corrected chi connectivity index (χ1v) is 9.72. The van der Waals surface area contributed by atoms with Crippen molar-refractivity contribution in [2.45, 2.75) is 27.2 Å². The van der Waals surface area contributed by atoms with E-state index in [1.165, 1.54) is 4.90 Å². The molecule has 1 atom stereocenters. The standard InChI is InChI=1S/C22H23ClN2O4/c1-13-8-14(2)21(15(3)9-13)24-19(26)12-29-22(28)16-10-20(27)25(11-16)18-6-4-17(23)5-7-18/h4-9,16H,10-12H2,1-3H3,(H,24,26)/t16-/m1/s1. The van der Waals surface area contributed by atoms with Crippen molar-refractivity contribution < 1.29 is 19.1 Å². The SMILES string of the molecule is Cc1cc(C)c(NC(=O)COC(=O)[C@@H]2CC(=O)N(c3ccc(Cl)cc3)C2)c(C)c1. The van der Waals surface area contributed by atoms with E-state index in [4.69, 9.17) is 16.3 Å². The van der Waals surface area contributed by atoms with E-state index in [2.05, 4.69) is 5.32 Å². The van der Waals surface area contributed by atoms with E-state index in [9.17, 15) is 14.4 Å². The van der Waals surface area contributed by atoms with Crippen molar-refractivity contribution in [1.82, 2.24) is 0 Å². The van der Waals surface area contributed by atoms with Crippen LogP contribution in [0.25, 0.3) is 0 Å². The van der Waals surface area contributed by atoms with Crippen molar-refractivity contribution in [3.63, 3.8) is 0 Å². The molecule has 2 aromatic carbocycles. The zero-order valence-electron chi connectivity index (χ0n) is 16.6. The van der Waals surface area contributed by atoms with Crippen molar-refractivity contribution in [2.75, 3.05) is 23.4 Å². The van der Waals surface area contributed by atoms with E-state index in [1.54, 1.807) is 24.3 Å². The molecule has 0 aliphatic carbocycles. The summed E-state index contributed by atoms with van der Waals surface area (Å²) in [5.74, 6) is -1.73. The zero-order valence-corrected chi connectivity index (χ0v) is 17.4. The van der Waals surface area contributed by atoms with Crippen LogP contribution in [0.4, 0.5) is 11.4 Å². The number of halogens is 1. The summed E-state index contributed by atoms with van der Waals surface area (Å²) in [7, 11) is 0. The zero-order chi connectivity index (χ0) is 21.1. The topological polar surface area (TPSA) is 75.7 Å². The van der Waals surface area contributed by atoms with Crippen molar-refractivity contribution in [3.8, 4) is 0 Å². The fourth-order valence-corrected chi connectivity index (χ4v) is 3.67. The summed E-state index contributed by atoms with van der Waals surface area (Å²) in [6.45, 7) is 5.64. The normalized spacial score (nSPS) is 16.1. The van der Waals surface area contributed by atoms with Crippen LogP contribution in [0.3, 0.4) is 0 Å². The first kappa shape index (κ1) is 20.9. The van der Waals surface area contributed by atoms with Gasteiger partial charge in [0.2, 0.25) is 5.91 Å². The van der Waals surface area contributed by atoms with Crippen molar-refractivity contribution >= 4 is 40.8 Å². The summed E-state index contributed by atoms with van der Waals surface area (Å²) >= 11 is 5.87. The third kappa shape index (κ3) is 4.95. The Morgan fingerprint density at radius 3 is 2.38 bits per heavy atom. The van der Waals surface area contributed by atoms with Crippen molar-refractivity contribution in [1.29, 1.82) is 0 Å². The van der Waals surface area contributed by atoms with Gasteiger partial charge in [-0.25, -0.2) is 0 Å². The quantitative estimate of drug-likeness (QED) is 0.755. The third-order valence-corrected chi connectivity index (χ3v) is 5.14. The number of hydrogen-bond donors (Lipinski definition) is 1. The van der Waals surface area contributed by atoms with Crippen LogP contribution in [0.5, 0.6) is 0 Å². The summed E-state index contributed by atoms with van der Waals surface area (Å²) in [5, 5.41) is 3.37. The molecule has 29 heavy (non-hydrogen) atoms. The summed E-state index contributed by atoms with van der Waals surface area (Å²) in [5.41, 5.74) is 4.41. The van der Waals surface area contributed by atoms with Gasteiger partial charge in [0.1, 0.15) is 0 Å². The highest BCUT2D eigenvalue weighted by molar-refractivity contribution is 6.30. The number of rotatable bonds is 5.